The van der Waals surface area contributed by atoms with Gasteiger partial charge in [0.2, 0.25) is 0 Å². The maximum atomic E-state index is 4.15. The van der Waals surface area contributed by atoms with Crippen LogP contribution in [-0.2, 0) is 0 Å². The highest BCUT2D eigenvalue weighted by Crippen LogP contribution is 2.49. The van der Waals surface area contributed by atoms with E-state index in [1.165, 1.54) is 37.8 Å². The van der Waals surface area contributed by atoms with E-state index < -0.39 is 0 Å². The predicted octanol–water partition coefficient (Wildman–Crippen LogP) is 3.22. The largest absolute Gasteiger partial charge is 0.293 e. The van der Waals surface area contributed by atoms with Crippen molar-refractivity contribution in [3.8, 4) is 0 Å². The van der Waals surface area contributed by atoms with Crippen LogP contribution in [-0.4, -0.2) is 23.5 Å². The van der Waals surface area contributed by atoms with E-state index in [0.29, 0.717) is 11.0 Å². The van der Waals surface area contributed by atoms with Crippen LogP contribution in [0.2, 0.25) is 0 Å². The van der Waals surface area contributed by atoms with Crippen LogP contribution in [0.3, 0.4) is 0 Å². The van der Waals surface area contributed by atoms with E-state index in [9.17, 15) is 0 Å². The van der Waals surface area contributed by atoms with E-state index in [1.807, 2.05) is 0 Å². The molecule has 1 unspecified atom stereocenters. The summed E-state index contributed by atoms with van der Waals surface area (Å²) >= 11 is 0. The number of hydrogen-bond acceptors (Lipinski definition) is 1. The van der Waals surface area contributed by atoms with E-state index >= 15 is 0 Å². The van der Waals surface area contributed by atoms with Crippen LogP contribution in [0.4, 0.5) is 0 Å². The van der Waals surface area contributed by atoms with Crippen LogP contribution >= 0.6 is 0 Å². The Morgan fingerprint density at radius 1 is 1.29 bits per heavy atom. The maximum Gasteiger partial charge on any atom is 0.0264 e. The first-order chi connectivity index (χ1) is 6.46. The topological polar surface area (TPSA) is 3.24 Å². The zero-order valence-corrected chi connectivity index (χ0v) is 9.90. The molecule has 2 rings (SSSR count). The van der Waals surface area contributed by atoms with Gasteiger partial charge in [0.15, 0.2) is 0 Å². The number of rotatable bonds is 0. The molecule has 2 heterocycles. The molecule has 1 heteroatoms. The van der Waals surface area contributed by atoms with Crippen LogP contribution in [0, 0.1) is 5.41 Å². The van der Waals surface area contributed by atoms with Crippen molar-refractivity contribution in [2.24, 2.45) is 5.41 Å². The summed E-state index contributed by atoms with van der Waals surface area (Å²) in [4.78, 5) is 2.69. The van der Waals surface area contributed by atoms with Crippen LogP contribution < -0.4 is 0 Å². The summed E-state index contributed by atoms with van der Waals surface area (Å²) in [5.74, 6) is 0. The SMILES string of the molecule is C=C1CCC2(C(C)(C)C)CCCN2C1. The summed E-state index contributed by atoms with van der Waals surface area (Å²) in [6.45, 7) is 13.8. The number of hydrogen-bond donors (Lipinski definition) is 0. The quantitative estimate of drug-likeness (QED) is 0.534. The van der Waals surface area contributed by atoms with Gasteiger partial charge in [-0.2, -0.15) is 0 Å². The van der Waals surface area contributed by atoms with Gasteiger partial charge in [-0.15, -0.1) is 0 Å². The molecule has 14 heavy (non-hydrogen) atoms. The van der Waals surface area contributed by atoms with Gasteiger partial charge in [-0.1, -0.05) is 32.9 Å². The minimum absolute atomic E-state index is 0.421. The minimum atomic E-state index is 0.421. The molecule has 2 fully saturated rings. The van der Waals surface area contributed by atoms with Crippen molar-refractivity contribution in [2.75, 3.05) is 13.1 Å². The molecule has 0 aliphatic carbocycles. The number of nitrogens with zero attached hydrogens (tertiary/aromatic N) is 1. The lowest BCUT2D eigenvalue weighted by Gasteiger charge is -2.51. The normalized spacial score (nSPS) is 34.6. The second-order valence-electron chi connectivity index (χ2n) is 6.06. The Balaban J connectivity index is 2.28. The molecule has 2 aliphatic heterocycles. The van der Waals surface area contributed by atoms with E-state index in [0.717, 1.165) is 6.54 Å². The molecule has 0 bridgehead atoms. The summed E-state index contributed by atoms with van der Waals surface area (Å²) < 4.78 is 0. The van der Waals surface area contributed by atoms with Gasteiger partial charge in [0.05, 0.1) is 0 Å². The molecule has 0 aromatic rings. The molecule has 2 saturated heterocycles. The van der Waals surface area contributed by atoms with Gasteiger partial charge < -0.3 is 0 Å². The Morgan fingerprint density at radius 3 is 2.64 bits per heavy atom. The highest BCUT2D eigenvalue weighted by Gasteiger charge is 2.50. The van der Waals surface area contributed by atoms with Gasteiger partial charge in [-0.25, -0.2) is 0 Å². The minimum Gasteiger partial charge on any atom is -0.293 e. The lowest BCUT2D eigenvalue weighted by atomic mass is 9.67. The van der Waals surface area contributed by atoms with Crippen molar-refractivity contribution >= 4 is 0 Å². The summed E-state index contributed by atoms with van der Waals surface area (Å²) in [6, 6.07) is 0. The molecule has 2 aliphatic rings. The predicted molar refractivity (Wildman–Crippen MR) is 61.4 cm³/mol. The Kier molecular flexibility index (Phi) is 2.26. The molecule has 0 radical (unpaired) electrons. The second-order valence-corrected chi connectivity index (χ2v) is 6.06. The van der Waals surface area contributed by atoms with Crippen LogP contribution in [0.5, 0.6) is 0 Å². The van der Waals surface area contributed by atoms with Gasteiger partial charge >= 0.3 is 0 Å². The van der Waals surface area contributed by atoms with E-state index in [-0.39, 0.29) is 0 Å². The first kappa shape index (κ1) is 10.2. The lowest BCUT2D eigenvalue weighted by molar-refractivity contribution is 0.0107. The maximum absolute atomic E-state index is 4.15. The van der Waals surface area contributed by atoms with E-state index in [4.69, 9.17) is 0 Å². The summed E-state index contributed by atoms with van der Waals surface area (Å²) in [5.41, 5.74) is 2.34. The van der Waals surface area contributed by atoms with Crippen molar-refractivity contribution in [1.29, 1.82) is 0 Å². The third-order valence-corrected chi connectivity index (χ3v) is 4.33. The van der Waals surface area contributed by atoms with Gasteiger partial charge in [0, 0.05) is 12.1 Å². The van der Waals surface area contributed by atoms with Crippen molar-refractivity contribution < 1.29 is 0 Å². The molecular weight excluding hydrogens is 170 g/mol. The molecule has 0 N–H and O–H groups in total. The van der Waals surface area contributed by atoms with Gasteiger partial charge in [0.25, 0.3) is 0 Å². The summed E-state index contributed by atoms with van der Waals surface area (Å²) in [7, 11) is 0. The zero-order valence-electron chi connectivity index (χ0n) is 9.90. The molecular formula is C13H23N. The van der Waals surface area contributed by atoms with E-state index in [2.05, 4.69) is 32.3 Å². The fraction of sp³-hybridized carbons (Fsp3) is 0.846. The molecule has 1 atom stereocenters. The molecule has 0 spiro atoms. The number of fused-ring (bicyclic) bond motifs is 1. The molecule has 0 saturated carbocycles. The number of piperidine rings is 1. The fourth-order valence-corrected chi connectivity index (χ4v) is 3.40. The highest BCUT2D eigenvalue weighted by molar-refractivity contribution is 5.14. The Bertz CT molecular complexity index is 248. The summed E-state index contributed by atoms with van der Waals surface area (Å²) in [5, 5.41) is 0. The molecule has 80 valence electrons. The first-order valence-corrected chi connectivity index (χ1v) is 5.87. The van der Waals surface area contributed by atoms with Crippen molar-refractivity contribution in [2.45, 2.75) is 52.0 Å². The van der Waals surface area contributed by atoms with Crippen LogP contribution in [0.25, 0.3) is 0 Å². The molecule has 0 aromatic heterocycles. The Hall–Kier alpha value is -0.300. The zero-order chi connectivity index (χ0) is 10.4. The highest BCUT2D eigenvalue weighted by atomic mass is 15.2. The summed E-state index contributed by atoms with van der Waals surface area (Å²) in [6.07, 6.45) is 5.34. The van der Waals surface area contributed by atoms with Gasteiger partial charge in [-0.3, -0.25) is 4.90 Å². The Morgan fingerprint density at radius 2 is 2.00 bits per heavy atom. The van der Waals surface area contributed by atoms with Crippen molar-refractivity contribution in [1.82, 2.24) is 4.90 Å². The molecule has 0 amide bonds. The molecule has 0 aromatic carbocycles. The fourth-order valence-electron chi connectivity index (χ4n) is 3.40. The van der Waals surface area contributed by atoms with Crippen LogP contribution in [0.1, 0.15) is 46.5 Å². The standard InChI is InChI=1S/C13H23N/c1-11-6-8-13(12(2,3)4)7-5-9-14(13)10-11/h1,5-10H2,2-4H3. The monoisotopic (exact) mass is 193 g/mol. The van der Waals surface area contributed by atoms with Crippen LogP contribution in [0.15, 0.2) is 12.2 Å². The van der Waals surface area contributed by atoms with E-state index in [1.54, 1.807) is 0 Å². The average molecular weight is 193 g/mol. The second kappa shape index (κ2) is 3.10. The van der Waals surface area contributed by atoms with Crippen molar-refractivity contribution in [3.63, 3.8) is 0 Å². The lowest BCUT2D eigenvalue weighted by Crippen LogP contribution is -2.56. The van der Waals surface area contributed by atoms with Crippen molar-refractivity contribution in [3.05, 3.63) is 12.2 Å². The third-order valence-electron chi connectivity index (χ3n) is 4.33. The third kappa shape index (κ3) is 1.33. The average Bonchev–Trinajstić information content (AvgIpc) is 2.46. The molecule has 1 nitrogen and oxygen atoms in total. The first-order valence-electron chi connectivity index (χ1n) is 5.87. The van der Waals surface area contributed by atoms with Gasteiger partial charge in [-0.05, 0) is 37.6 Å². The van der Waals surface area contributed by atoms with Gasteiger partial charge in [0.1, 0.15) is 0 Å². The Labute approximate surface area is 88.2 Å². The smallest absolute Gasteiger partial charge is 0.0264 e.